The lowest BCUT2D eigenvalue weighted by molar-refractivity contribution is -0.118. The van der Waals surface area contributed by atoms with Gasteiger partial charge >= 0.3 is 7.82 Å². The molecule has 1 atom stereocenters. The molecule has 0 aliphatic rings. The van der Waals surface area contributed by atoms with Crippen molar-refractivity contribution in [2.45, 2.75) is 46.0 Å². The first kappa shape index (κ1) is 30.1. The van der Waals surface area contributed by atoms with E-state index < -0.39 is 7.82 Å². The molecule has 0 aromatic heterocycles. The first-order valence-electron chi connectivity index (χ1n) is 10.4. The predicted molar refractivity (Wildman–Crippen MR) is 132 cm³/mol. The van der Waals surface area contributed by atoms with Crippen molar-refractivity contribution in [3.05, 3.63) is 23.6 Å². The van der Waals surface area contributed by atoms with Gasteiger partial charge < -0.3 is 9.84 Å². The lowest BCUT2D eigenvalue weighted by atomic mass is 10.2. The molecule has 0 aliphatic carbocycles. The molecule has 174 valence electrons. The lowest BCUT2D eigenvalue weighted by Crippen LogP contribution is -2.20. The molecule has 0 fully saturated rings. The summed E-state index contributed by atoms with van der Waals surface area (Å²) in [6, 6.07) is 0. The number of phosphoric acid groups is 1. The topological polar surface area (TPSA) is 73.9 Å². The Hall–Kier alpha value is -3.92. The maximum Gasteiger partial charge on any atom is 0.538 e. The first-order valence-corrected chi connectivity index (χ1v) is 11.8. The quantitative estimate of drug-likeness (QED) is 0.213. The van der Waals surface area contributed by atoms with Gasteiger partial charge in [0.1, 0.15) is 6.11 Å². The largest absolute Gasteiger partial charge is 0.538 e. The molecule has 0 saturated heterocycles. The Kier molecular flexibility index (Phi) is 18.5. The van der Waals surface area contributed by atoms with Crippen molar-refractivity contribution in [3.63, 3.8) is 0 Å². The summed E-state index contributed by atoms with van der Waals surface area (Å²) in [5.41, 5.74) is 6.09. The van der Waals surface area contributed by atoms with Crippen LogP contribution in [0.25, 0.3) is 0 Å². The van der Waals surface area contributed by atoms with E-state index >= 15 is 0 Å². The lowest BCUT2D eigenvalue weighted by Gasteiger charge is -2.12. The van der Waals surface area contributed by atoms with Crippen molar-refractivity contribution in [3.8, 4) is 71.2 Å². The van der Waals surface area contributed by atoms with Crippen LogP contribution in [0.3, 0.4) is 0 Å². The molecule has 1 unspecified atom stereocenters. The van der Waals surface area contributed by atoms with Gasteiger partial charge in [0.25, 0.3) is 0 Å². The van der Waals surface area contributed by atoms with E-state index in [1.54, 1.807) is 0 Å². The highest BCUT2D eigenvalue weighted by atomic mass is 31.2. The molecule has 0 aromatic rings. The minimum Gasteiger partial charge on any atom is -0.356 e. The number of nitrogens with one attached hydrogen (secondary N) is 1. The molecule has 7 heteroatoms. The number of hydrogen-bond acceptors (Lipinski definition) is 5. The summed E-state index contributed by atoms with van der Waals surface area (Å²) >= 11 is 0. The van der Waals surface area contributed by atoms with Crippen molar-refractivity contribution in [1.29, 1.82) is 0 Å². The van der Waals surface area contributed by atoms with Crippen LogP contribution in [0.15, 0.2) is 23.6 Å². The van der Waals surface area contributed by atoms with Gasteiger partial charge in [-0.2, -0.15) is 0 Å². The van der Waals surface area contributed by atoms with E-state index in [1.807, 2.05) is 6.92 Å². The molecule has 0 saturated carbocycles. The van der Waals surface area contributed by atoms with Gasteiger partial charge in [-0.15, -0.1) is 0 Å². The number of phosphoric ester groups is 1. The maximum atomic E-state index is 12.2. The molecule has 34 heavy (non-hydrogen) atoms. The summed E-state index contributed by atoms with van der Waals surface area (Å²) < 4.78 is 27.0. The van der Waals surface area contributed by atoms with E-state index in [1.165, 1.54) is 14.0 Å². The van der Waals surface area contributed by atoms with Gasteiger partial charge in [0.2, 0.25) is 5.91 Å². The average molecular weight is 475 g/mol. The number of carbonyl (C=O) groups excluding carboxylic acids is 1. The van der Waals surface area contributed by atoms with Crippen molar-refractivity contribution in [2.75, 3.05) is 20.3 Å². The smallest absolute Gasteiger partial charge is 0.356 e. The molecule has 0 spiro atoms. The second-order valence-corrected chi connectivity index (χ2v) is 7.76. The Labute approximate surface area is 203 Å². The van der Waals surface area contributed by atoms with Crippen LogP contribution in [-0.2, 0) is 22.9 Å². The van der Waals surface area contributed by atoms with E-state index in [4.69, 9.17) is 13.6 Å². The number of unbranched alkanes of at least 4 members (excludes halogenated alkanes) is 3. The summed E-state index contributed by atoms with van der Waals surface area (Å²) in [6.45, 7) is 7.70. The summed E-state index contributed by atoms with van der Waals surface area (Å²) in [6.07, 6.45) is 6.19. The standard InChI is InChI=1S/C27H26NO5P/c1-5-21-27(6-2)22-17-13-11-9-7-8-10-12-15-19-24-32-34(30,31-4)33-25-20-16-14-18-23-28-26(3)29/h1,6,14,16,18,20,23,25H2,2-4H3,(H,28,29). The normalized spacial score (nSPS) is 9.62. The molecule has 0 heterocycles. The van der Waals surface area contributed by atoms with E-state index in [0.717, 1.165) is 31.3 Å². The fourth-order valence-electron chi connectivity index (χ4n) is 1.91. The van der Waals surface area contributed by atoms with Crippen molar-refractivity contribution < 1.29 is 22.9 Å². The Balaban J connectivity index is 4.38. The number of hydrogen-bond donors (Lipinski definition) is 1. The third-order valence-electron chi connectivity index (χ3n) is 3.50. The Morgan fingerprint density at radius 1 is 0.912 bits per heavy atom. The van der Waals surface area contributed by atoms with Gasteiger partial charge in [-0.1, -0.05) is 31.2 Å². The second kappa shape index (κ2) is 21.0. The summed E-state index contributed by atoms with van der Waals surface area (Å²) in [5.74, 6) is 27.7. The van der Waals surface area contributed by atoms with Crippen molar-refractivity contribution in [1.82, 2.24) is 5.32 Å². The number of amides is 1. The molecule has 0 aliphatic heterocycles. The highest BCUT2D eigenvalue weighted by Gasteiger charge is 2.25. The number of rotatable bonds is 11. The fraction of sp³-hybridized carbons (Fsp3) is 0.370. The van der Waals surface area contributed by atoms with Crippen LogP contribution in [0, 0.1) is 71.2 Å². The van der Waals surface area contributed by atoms with Gasteiger partial charge in [0, 0.05) is 50.2 Å². The van der Waals surface area contributed by atoms with Crippen LogP contribution in [-0.4, -0.2) is 26.2 Å². The molecule has 0 rings (SSSR count). The Bertz CT molecular complexity index is 1200. The molecule has 1 N–H and O–H groups in total. The minimum absolute atomic E-state index is 0.0444. The minimum atomic E-state index is -3.76. The number of carbonyl (C=O) groups is 1. The zero-order valence-corrected chi connectivity index (χ0v) is 20.5. The highest BCUT2D eigenvalue weighted by Crippen LogP contribution is 2.48. The number of allylic oxidation sites excluding steroid dienone is 1. The van der Waals surface area contributed by atoms with Crippen LogP contribution in [0.1, 0.15) is 46.0 Å². The first-order chi connectivity index (χ1) is 16.5. The highest BCUT2D eigenvalue weighted by molar-refractivity contribution is 7.48. The zero-order valence-electron chi connectivity index (χ0n) is 19.6. The summed E-state index contributed by atoms with van der Waals surface area (Å²) in [5, 5.41) is 2.72. The van der Waals surface area contributed by atoms with Crippen LogP contribution in [0.5, 0.6) is 0 Å². The Morgan fingerprint density at radius 3 is 2.06 bits per heavy atom. The maximum absolute atomic E-state index is 12.2. The van der Waals surface area contributed by atoms with Crippen LogP contribution >= 0.6 is 7.82 Å². The zero-order chi connectivity index (χ0) is 25.3. The SMILES string of the molecule is C=C=C=C(C#CC#CC#CC#CC#CC#COP(=O)(OC)OCCCCCCNC(C)=O)CC. The van der Waals surface area contributed by atoms with Gasteiger partial charge in [0.15, 0.2) is 0 Å². The van der Waals surface area contributed by atoms with Crippen molar-refractivity contribution in [2.24, 2.45) is 0 Å². The third kappa shape index (κ3) is 18.8. The van der Waals surface area contributed by atoms with Gasteiger partial charge in [-0.3, -0.25) is 13.8 Å². The summed E-state index contributed by atoms with van der Waals surface area (Å²) in [4.78, 5) is 10.8. The average Bonchev–Trinajstić information content (AvgIpc) is 2.82. The van der Waals surface area contributed by atoms with Crippen LogP contribution in [0.2, 0.25) is 0 Å². The van der Waals surface area contributed by atoms with E-state index in [-0.39, 0.29) is 12.5 Å². The monoisotopic (exact) mass is 475 g/mol. The molecule has 1 amide bonds. The van der Waals surface area contributed by atoms with E-state index in [2.05, 4.69) is 94.6 Å². The third-order valence-corrected chi connectivity index (χ3v) is 4.76. The molecule has 6 nitrogen and oxygen atoms in total. The molecular formula is C27H26NO5P. The van der Waals surface area contributed by atoms with Gasteiger partial charge in [0.05, 0.1) is 12.2 Å². The second-order valence-electron chi connectivity index (χ2n) is 6.06. The Morgan fingerprint density at radius 2 is 1.50 bits per heavy atom. The van der Waals surface area contributed by atoms with E-state index in [9.17, 15) is 9.36 Å². The molecule has 0 bridgehead atoms. The molecule has 0 aromatic carbocycles. The van der Waals surface area contributed by atoms with Crippen LogP contribution in [0.4, 0.5) is 0 Å². The van der Waals surface area contributed by atoms with Gasteiger partial charge in [-0.25, -0.2) is 4.57 Å². The molecule has 0 radical (unpaired) electrons. The molecular weight excluding hydrogens is 449 g/mol. The van der Waals surface area contributed by atoms with Gasteiger partial charge in [-0.05, 0) is 61.4 Å². The van der Waals surface area contributed by atoms with Crippen LogP contribution < -0.4 is 5.32 Å². The predicted octanol–water partition coefficient (Wildman–Crippen LogP) is 3.72. The fourth-order valence-corrected chi connectivity index (χ4v) is 2.66. The van der Waals surface area contributed by atoms with Crippen molar-refractivity contribution >= 4 is 13.7 Å². The van der Waals surface area contributed by atoms with E-state index in [0.29, 0.717) is 13.0 Å². The summed E-state index contributed by atoms with van der Waals surface area (Å²) in [7, 11) is -2.56.